The molecule has 0 aliphatic rings. The van der Waals surface area contributed by atoms with Crippen molar-refractivity contribution in [2.75, 3.05) is 5.32 Å². The highest BCUT2D eigenvalue weighted by atomic mass is 79.9. The second kappa shape index (κ2) is 7.79. The van der Waals surface area contributed by atoms with Crippen molar-refractivity contribution in [3.05, 3.63) is 82.6 Å². The maximum atomic E-state index is 11.9. The van der Waals surface area contributed by atoms with E-state index >= 15 is 0 Å². The zero-order valence-electron chi connectivity index (χ0n) is 12.9. The Bertz CT molecular complexity index is 801. The van der Waals surface area contributed by atoms with Crippen molar-refractivity contribution < 1.29 is 9.53 Å². The van der Waals surface area contributed by atoms with Crippen LogP contribution in [0.2, 0.25) is 0 Å². The summed E-state index contributed by atoms with van der Waals surface area (Å²) in [5.74, 6) is 0.455. The van der Waals surface area contributed by atoms with Gasteiger partial charge in [-0.3, -0.25) is 5.32 Å². The average molecular weight is 386 g/mol. The molecule has 0 unspecified atom stereocenters. The van der Waals surface area contributed by atoms with E-state index in [9.17, 15) is 4.79 Å². The first-order chi connectivity index (χ1) is 11.7. The van der Waals surface area contributed by atoms with Crippen LogP contribution < -0.4 is 5.32 Å². The second-order valence-corrected chi connectivity index (χ2v) is 6.11. The zero-order chi connectivity index (χ0) is 16.8. The van der Waals surface area contributed by atoms with Crippen molar-refractivity contribution in [3.63, 3.8) is 0 Å². The van der Waals surface area contributed by atoms with Crippen LogP contribution in [-0.4, -0.2) is 15.6 Å². The molecule has 3 rings (SSSR count). The summed E-state index contributed by atoms with van der Waals surface area (Å²) in [6.45, 7) is 0.835. The van der Waals surface area contributed by atoms with Gasteiger partial charge in [-0.15, -0.1) is 0 Å². The molecule has 5 nitrogen and oxygen atoms in total. The molecule has 0 fully saturated rings. The number of halogens is 1. The van der Waals surface area contributed by atoms with Crippen LogP contribution in [0.25, 0.3) is 0 Å². The Morgan fingerprint density at radius 1 is 1.08 bits per heavy atom. The smallest absolute Gasteiger partial charge is 0.414 e. The molecule has 0 bridgehead atoms. The summed E-state index contributed by atoms with van der Waals surface area (Å²) >= 11 is 3.41. The fraction of sp³-hybridized carbons (Fsp3) is 0.111. The molecule has 0 radical (unpaired) electrons. The minimum atomic E-state index is -0.526. The topological polar surface area (TPSA) is 56.2 Å². The van der Waals surface area contributed by atoms with Crippen LogP contribution in [0.1, 0.15) is 11.1 Å². The van der Waals surface area contributed by atoms with Crippen LogP contribution >= 0.6 is 15.9 Å². The number of nitrogens with one attached hydrogen (secondary N) is 1. The summed E-state index contributed by atoms with van der Waals surface area (Å²) in [7, 11) is 0. The quantitative estimate of drug-likeness (QED) is 0.705. The number of hydrogen-bond acceptors (Lipinski definition) is 3. The van der Waals surface area contributed by atoms with E-state index in [1.54, 1.807) is 6.20 Å². The van der Waals surface area contributed by atoms with Gasteiger partial charge in [-0.05, 0) is 23.3 Å². The van der Waals surface area contributed by atoms with Crippen molar-refractivity contribution in [2.24, 2.45) is 0 Å². The lowest BCUT2D eigenvalue weighted by atomic mass is 10.2. The van der Waals surface area contributed by atoms with Crippen LogP contribution in [0.15, 0.2) is 71.5 Å². The molecule has 0 saturated heterocycles. The molecule has 3 aromatic rings. The number of carbonyl (C=O) groups is 1. The molecule has 0 atom stereocenters. The number of imidazole rings is 1. The van der Waals surface area contributed by atoms with Gasteiger partial charge in [-0.2, -0.15) is 0 Å². The molecular weight excluding hydrogens is 370 g/mol. The van der Waals surface area contributed by atoms with Crippen molar-refractivity contribution in [2.45, 2.75) is 13.2 Å². The summed E-state index contributed by atoms with van der Waals surface area (Å²) in [4.78, 5) is 16.1. The van der Waals surface area contributed by atoms with Gasteiger partial charge in [0.2, 0.25) is 5.95 Å². The predicted octanol–water partition coefficient (Wildman–Crippen LogP) is 4.44. The largest absolute Gasteiger partial charge is 0.444 e. The predicted molar refractivity (Wildman–Crippen MR) is 95.7 cm³/mol. The summed E-state index contributed by atoms with van der Waals surface area (Å²) < 4.78 is 8.09. The lowest BCUT2D eigenvalue weighted by molar-refractivity contribution is 0.155. The number of aromatic nitrogens is 2. The molecule has 2 aromatic carbocycles. The second-order valence-electron chi connectivity index (χ2n) is 5.19. The van der Waals surface area contributed by atoms with Crippen LogP contribution in [0.5, 0.6) is 0 Å². The number of amides is 1. The lowest BCUT2D eigenvalue weighted by Gasteiger charge is -2.10. The van der Waals surface area contributed by atoms with Crippen molar-refractivity contribution in [1.29, 1.82) is 0 Å². The van der Waals surface area contributed by atoms with Gasteiger partial charge in [-0.1, -0.05) is 58.4 Å². The number of carbonyl (C=O) groups excluding carboxylic acids is 1. The number of rotatable bonds is 5. The first-order valence-corrected chi connectivity index (χ1v) is 8.23. The van der Waals surface area contributed by atoms with E-state index in [1.807, 2.05) is 65.4 Å². The summed E-state index contributed by atoms with van der Waals surface area (Å²) in [5.41, 5.74) is 2.04. The van der Waals surface area contributed by atoms with Gasteiger partial charge in [0.15, 0.2) is 0 Å². The molecule has 1 amide bonds. The van der Waals surface area contributed by atoms with Crippen LogP contribution in [0.3, 0.4) is 0 Å². The highest BCUT2D eigenvalue weighted by molar-refractivity contribution is 9.10. The van der Waals surface area contributed by atoms with Gasteiger partial charge in [0, 0.05) is 16.9 Å². The summed E-state index contributed by atoms with van der Waals surface area (Å²) in [5, 5.41) is 2.67. The van der Waals surface area contributed by atoms with Crippen LogP contribution in [-0.2, 0) is 17.9 Å². The fourth-order valence-electron chi connectivity index (χ4n) is 2.20. The molecular formula is C18H16BrN3O2. The van der Waals surface area contributed by atoms with Gasteiger partial charge in [0.05, 0.1) is 6.54 Å². The Balaban J connectivity index is 1.58. The highest BCUT2D eigenvalue weighted by Crippen LogP contribution is 2.14. The molecule has 0 aliphatic heterocycles. The minimum absolute atomic E-state index is 0.222. The van der Waals surface area contributed by atoms with Gasteiger partial charge in [0.1, 0.15) is 6.61 Å². The zero-order valence-corrected chi connectivity index (χ0v) is 14.4. The molecule has 122 valence electrons. The van der Waals surface area contributed by atoms with Gasteiger partial charge in [-0.25, -0.2) is 9.78 Å². The molecule has 6 heteroatoms. The molecule has 0 saturated carbocycles. The van der Waals surface area contributed by atoms with Gasteiger partial charge < -0.3 is 9.30 Å². The Labute approximate surface area is 148 Å². The number of benzene rings is 2. The maximum Gasteiger partial charge on any atom is 0.414 e. The van der Waals surface area contributed by atoms with E-state index in [-0.39, 0.29) is 6.61 Å². The normalized spacial score (nSPS) is 10.4. The third-order valence-electron chi connectivity index (χ3n) is 3.41. The minimum Gasteiger partial charge on any atom is -0.444 e. The van der Waals surface area contributed by atoms with E-state index in [0.717, 1.165) is 15.6 Å². The molecule has 1 heterocycles. The van der Waals surface area contributed by atoms with E-state index in [0.29, 0.717) is 12.5 Å². The highest BCUT2D eigenvalue weighted by Gasteiger charge is 2.09. The lowest BCUT2D eigenvalue weighted by Crippen LogP contribution is -2.17. The Kier molecular flexibility index (Phi) is 5.28. The van der Waals surface area contributed by atoms with Crippen LogP contribution in [0.4, 0.5) is 10.7 Å². The fourth-order valence-corrected chi connectivity index (χ4v) is 2.46. The third-order valence-corrected chi connectivity index (χ3v) is 3.94. The van der Waals surface area contributed by atoms with E-state index in [2.05, 4.69) is 26.2 Å². The first kappa shape index (κ1) is 16.3. The maximum absolute atomic E-state index is 11.9. The molecule has 1 N–H and O–H groups in total. The Morgan fingerprint density at radius 2 is 1.83 bits per heavy atom. The van der Waals surface area contributed by atoms with E-state index in [1.165, 1.54) is 0 Å². The van der Waals surface area contributed by atoms with Crippen molar-refractivity contribution >= 4 is 28.0 Å². The van der Waals surface area contributed by atoms with Crippen molar-refractivity contribution in [3.8, 4) is 0 Å². The number of ether oxygens (including phenoxy) is 1. The third kappa shape index (κ3) is 4.45. The molecule has 0 aliphatic carbocycles. The molecule has 1 aromatic heterocycles. The van der Waals surface area contributed by atoms with Crippen molar-refractivity contribution in [1.82, 2.24) is 9.55 Å². The van der Waals surface area contributed by atoms with Gasteiger partial charge >= 0.3 is 6.09 Å². The van der Waals surface area contributed by atoms with E-state index < -0.39 is 6.09 Å². The summed E-state index contributed by atoms with van der Waals surface area (Å²) in [6, 6.07) is 17.5. The Hall–Kier alpha value is -2.60. The first-order valence-electron chi connectivity index (χ1n) is 7.44. The molecule has 24 heavy (non-hydrogen) atoms. The Morgan fingerprint density at radius 3 is 2.58 bits per heavy atom. The monoisotopic (exact) mass is 385 g/mol. The van der Waals surface area contributed by atoms with Gasteiger partial charge in [0.25, 0.3) is 0 Å². The van der Waals surface area contributed by atoms with Crippen LogP contribution in [0, 0.1) is 0 Å². The standard InChI is InChI=1S/C18H16BrN3O2/c19-16-8-6-14(7-9-16)12-22-11-10-20-17(22)21-18(23)24-13-15-4-2-1-3-5-15/h1-11H,12-13H2,(H,20,21,23). The SMILES string of the molecule is O=C(Nc1nccn1Cc1ccc(Br)cc1)OCc1ccccc1. The average Bonchev–Trinajstić information content (AvgIpc) is 3.03. The number of nitrogens with zero attached hydrogens (tertiary/aromatic N) is 2. The van der Waals surface area contributed by atoms with E-state index in [4.69, 9.17) is 4.74 Å². The summed E-state index contributed by atoms with van der Waals surface area (Å²) in [6.07, 6.45) is 2.93. The number of anilines is 1. The number of hydrogen-bond donors (Lipinski definition) is 1. The molecule has 0 spiro atoms.